The number of aliphatic imine (C=N–C) groups is 1. The van der Waals surface area contributed by atoms with E-state index in [4.69, 9.17) is 5.26 Å². The average molecular weight is 208 g/mol. The molecule has 0 heterocycles. The van der Waals surface area contributed by atoms with E-state index >= 15 is 0 Å². The van der Waals surface area contributed by atoms with E-state index in [2.05, 4.69) is 4.99 Å². The van der Waals surface area contributed by atoms with Gasteiger partial charge in [0.2, 0.25) is 14.9 Å². The molecule has 0 amide bonds. The number of nitrogens with zero attached hydrogens (tertiary/aromatic N) is 2. The van der Waals surface area contributed by atoms with E-state index < -0.39 is 14.9 Å². The summed E-state index contributed by atoms with van der Waals surface area (Å²) in [6.07, 6.45) is 0. The molecule has 0 spiro atoms. The Balaban J connectivity index is 3.32. The molecular weight excluding hydrogens is 200 g/mol. The number of hydrogen-bond acceptors (Lipinski definition) is 4. The van der Waals surface area contributed by atoms with E-state index in [1.54, 1.807) is 24.3 Å². The van der Waals surface area contributed by atoms with Crippen LogP contribution in [0.5, 0.6) is 0 Å². The number of nitriles is 1. The molecule has 0 N–H and O–H groups in total. The lowest BCUT2D eigenvalue weighted by atomic mass is 10.4. The van der Waals surface area contributed by atoms with Crippen molar-refractivity contribution in [3.05, 3.63) is 30.3 Å². The van der Waals surface area contributed by atoms with Crippen molar-refractivity contribution in [2.24, 2.45) is 4.99 Å². The lowest BCUT2D eigenvalue weighted by Gasteiger charge is -1.99. The fourth-order valence-electron chi connectivity index (χ4n) is 0.942. The predicted octanol–water partition coefficient (Wildman–Crippen LogP) is 1.01. The Morgan fingerprint density at radius 1 is 1.36 bits per heavy atom. The van der Waals surface area contributed by atoms with Crippen LogP contribution >= 0.6 is 0 Å². The highest BCUT2D eigenvalue weighted by Gasteiger charge is 2.20. The topological polar surface area (TPSA) is 70.3 Å². The van der Waals surface area contributed by atoms with Gasteiger partial charge in [0.05, 0.1) is 4.90 Å². The van der Waals surface area contributed by atoms with Crippen LogP contribution in [0.15, 0.2) is 40.2 Å². The second-order valence-corrected chi connectivity index (χ2v) is 4.32. The van der Waals surface area contributed by atoms with Crippen LogP contribution in [-0.4, -0.2) is 20.5 Å². The van der Waals surface area contributed by atoms with Crippen molar-refractivity contribution in [1.29, 1.82) is 5.26 Å². The summed E-state index contributed by atoms with van der Waals surface area (Å²) < 4.78 is 23.3. The van der Waals surface area contributed by atoms with Crippen molar-refractivity contribution in [3.63, 3.8) is 0 Å². The van der Waals surface area contributed by atoms with Gasteiger partial charge >= 0.3 is 0 Å². The molecule has 5 heteroatoms. The number of hydrogen-bond donors (Lipinski definition) is 0. The summed E-state index contributed by atoms with van der Waals surface area (Å²) >= 11 is 0. The van der Waals surface area contributed by atoms with Crippen molar-refractivity contribution in [2.75, 3.05) is 7.05 Å². The summed E-state index contributed by atoms with van der Waals surface area (Å²) in [5, 5.41) is 8.09. The first-order valence-corrected chi connectivity index (χ1v) is 5.28. The molecule has 0 saturated heterocycles. The summed E-state index contributed by atoms with van der Waals surface area (Å²) in [4.78, 5) is 3.51. The van der Waals surface area contributed by atoms with Gasteiger partial charge < -0.3 is 0 Å². The maximum absolute atomic E-state index is 11.6. The molecule has 0 atom stereocenters. The van der Waals surface area contributed by atoms with Crippen LogP contribution in [0.3, 0.4) is 0 Å². The highest BCUT2D eigenvalue weighted by atomic mass is 32.2. The van der Waals surface area contributed by atoms with Crippen molar-refractivity contribution in [1.82, 2.24) is 0 Å². The molecule has 0 unspecified atom stereocenters. The zero-order valence-electron chi connectivity index (χ0n) is 7.51. The highest BCUT2D eigenvalue weighted by molar-refractivity contribution is 8.07. The van der Waals surface area contributed by atoms with Crippen molar-refractivity contribution in [3.8, 4) is 6.07 Å². The standard InChI is InChI=1S/C9H8N2O2S/c1-11-9(7-10)14(12,13)8-5-3-2-4-6-8/h2-6H,1H3/b11-9+. The minimum absolute atomic E-state index is 0.0853. The second-order valence-electron chi connectivity index (χ2n) is 2.46. The van der Waals surface area contributed by atoms with Crippen LogP contribution in [0.4, 0.5) is 0 Å². The molecule has 0 aliphatic carbocycles. The molecular formula is C9H8N2O2S. The third-order valence-electron chi connectivity index (χ3n) is 1.61. The van der Waals surface area contributed by atoms with E-state index in [1.165, 1.54) is 19.2 Å². The van der Waals surface area contributed by atoms with Gasteiger partial charge in [-0.05, 0) is 12.1 Å². The Labute approximate surface area is 82.4 Å². The smallest absolute Gasteiger partial charge is 0.233 e. The summed E-state index contributed by atoms with van der Waals surface area (Å²) in [7, 11) is -2.44. The van der Waals surface area contributed by atoms with Crippen molar-refractivity contribution < 1.29 is 8.42 Å². The SMILES string of the molecule is C/N=C(\C#N)S(=O)(=O)c1ccccc1. The first kappa shape index (κ1) is 10.4. The molecule has 1 rings (SSSR count). The van der Waals surface area contributed by atoms with Crippen LogP contribution in [0.25, 0.3) is 0 Å². The van der Waals surface area contributed by atoms with E-state index in [0.29, 0.717) is 0 Å². The summed E-state index contributed by atoms with van der Waals surface area (Å²) in [5.41, 5.74) is 0. The molecule has 14 heavy (non-hydrogen) atoms. The van der Waals surface area contributed by atoms with Gasteiger partial charge in [-0.2, -0.15) is 5.26 Å². The molecule has 4 nitrogen and oxygen atoms in total. The highest BCUT2D eigenvalue weighted by Crippen LogP contribution is 2.11. The maximum Gasteiger partial charge on any atom is 0.233 e. The predicted molar refractivity (Wildman–Crippen MR) is 52.6 cm³/mol. The van der Waals surface area contributed by atoms with Gasteiger partial charge in [-0.1, -0.05) is 18.2 Å². The van der Waals surface area contributed by atoms with Crippen LogP contribution in [0, 0.1) is 11.3 Å². The zero-order chi connectivity index (χ0) is 10.6. The summed E-state index contributed by atoms with van der Waals surface area (Å²) in [5.74, 6) is 0. The Morgan fingerprint density at radius 2 is 1.93 bits per heavy atom. The van der Waals surface area contributed by atoms with Crippen molar-refractivity contribution in [2.45, 2.75) is 4.90 Å². The molecule has 0 aliphatic heterocycles. The van der Waals surface area contributed by atoms with Crippen molar-refractivity contribution >= 4 is 14.9 Å². The number of benzene rings is 1. The Bertz CT molecular complexity index is 483. The first-order chi connectivity index (χ1) is 6.62. The first-order valence-electron chi connectivity index (χ1n) is 3.80. The molecule has 0 radical (unpaired) electrons. The molecule has 0 bridgehead atoms. The number of rotatable bonds is 1. The number of sulfone groups is 1. The summed E-state index contributed by atoms with van der Waals surface area (Å²) in [6, 6.07) is 9.30. The lowest BCUT2D eigenvalue weighted by molar-refractivity contribution is 0.607. The van der Waals surface area contributed by atoms with Gasteiger partial charge in [0, 0.05) is 7.05 Å². The van der Waals surface area contributed by atoms with Gasteiger partial charge in [0.1, 0.15) is 6.07 Å². The molecule has 0 fully saturated rings. The van der Waals surface area contributed by atoms with Gasteiger partial charge in [0.15, 0.2) is 0 Å². The second kappa shape index (κ2) is 4.03. The van der Waals surface area contributed by atoms with E-state index in [0.717, 1.165) is 0 Å². The lowest BCUT2D eigenvalue weighted by Crippen LogP contribution is -2.12. The third-order valence-corrected chi connectivity index (χ3v) is 3.28. The van der Waals surface area contributed by atoms with Gasteiger partial charge in [0.25, 0.3) is 0 Å². The molecule has 1 aromatic rings. The molecule has 0 aromatic heterocycles. The molecule has 1 aromatic carbocycles. The zero-order valence-corrected chi connectivity index (χ0v) is 8.32. The monoisotopic (exact) mass is 208 g/mol. The molecule has 0 aliphatic rings. The Morgan fingerprint density at radius 3 is 2.36 bits per heavy atom. The normalized spacial score (nSPS) is 12.1. The minimum Gasteiger partial charge on any atom is -0.267 e. The van der Waals surface area contributed by atoms with Gasteiger partial charge in [-0.25, -0.2) is 8.42 Å². The minimum atomic E-state index is -3.71. The molecule has 0 saturated carbocycles. The largest absolute Gasteiger partial charge is 0.267 e. The Kier molecular flexibility index (Phi) is 2.99. The van der Waals surface area contributed by atoms with E-state index in [1.807, 2.05) is 0 Å². The van der Waals surface area contributed by atoms with Crippen LogP contribution in [0.2, 0.25) is 0 Å². The van der Waals surface area contributed by atoms with Crippen LogP contribution in [0.1, 0.15) is 0 Å². The van der Waals surface area contributed by atoms with E-state index in [-0.39, 0.29) is 4.90 Å². The summed E-state index contributed by atoms with van der Waals surface area (Å²) in [6.45, 7) is 0. The van der Waals surface area contributed by atoms with Crippen LogP contribution in [-0.2, 0) is 9.84 Å². The molecule has 72 valence electrons. The fraction of sp³-hybridized carbons (Fsp3) is 0.111. The average Bonchev–Trinajstić information content (AvgIpc) is 2.20. The van der Waals surface area contributed by atoms with E-state index in [9.17, 15) is 8.42 Å². The quantitative estimate of drug-likeness (QED) is 0.511. The third kappa shape index (κ3) is 1.80. The van der Waals surface area contributed by atoms with Crippen LogP contribution < -0.4 is 0 Å². The van der Waals surface area contributed by atoms with Gasteiger partial charge in [-0.15, -0.1) is 0 Å². The Hall–Kier alpha value is -1.67. The maximum atomic E-state index is 11.6. The fourth-order valence-corrected chi connectivity index (χ4v) is 2.04. The van der Waals surface area contributed by atoms with Gasteiger partial charge in [-0.3, -0.25) is 4.99 Å².